The minimum Gasteiger partial charge on any atom is -0.301 e. The Morgan fingerprint density at radius 1 is 1.15 bits per heavy atom. The summed E-state index contributed by atoms with van der Waals surface area (Å²) in [4.78, 5) is 41.4. The van der Waals surface area contributed by atoms with Crippen molar-refractivity contribution in [2.24, 2.45) is 14.1 Å². The van der Waals surface area contributed by atoms with Crippen molar-refractivity contribution in [2.45, 2.75) is 32.7 Å². The monoisotopic (exact) mass is 388 g/mol. The number of hydrogen-bond donors (Lipinski definition) is 0. The number of hydrogen-bond acceptors (Lipinski definition) is 4. The van der Waals surface area contributed by atoms with Gasteiger partial charge in [-0.25, -0.2) is 4.79 Å². The molecule has 0 aliphatic carbocycles. The molecule has 0 saturated heterocycles. The van der Waals surface area contributed by atoms with Gasteiger partial charge >= 0.3 is 5.69 Å². The molecule has 0 N–H and O–H groups in total. The molecule has 27 heavy (non-hydrogen) atoms. The third-order valence-electron chi connectivity index (χ3n) is 5.02. The second-order valence-corrected chi connectivity index (χ2v) is 7.04. The summed E-state index contributed by atoms with van der Waals surface area (Å²) >= 11 is 6.17. The van der Waals surface area contributed by atoms with E-state index < -0.39 is 11.2 Å². The van der Waals surface area contributed by atoms with Crippen LogP contribution in [0.3, 0.4) is 0 Å². The maximum absolute atomic E-state index is 12.7. The Balaban J connectivity index is 2.02. The number of aromatic nitrogens is 4. The van der Waals surface area contributed by atoms with E-state index in [0.29, 0.717) is 11.5 Å². The van der Waals surface area contributed by atoms with Crippen molar-refractivity contribution in [3.63, 3.8) is 0 Å². The Bertz CT molecular complexity index is 1140. The molecule has 2 aromatic heterocycles. The number of carbonyl (C=O) groups is 1. The molecule has 1 atom stereocenters. The van der Waals surface area contributed by atoms with Crippen LogP contribution in [0.15, 0.2) is 33.9 Å². The summed E-state index contributed by atoms with van der Waals surface area (Å²) in [5.74, 6) is 0.230. The van der Waals surface area contributed by atoms with Crippen molar-refractivity contribution in [1.82, 2.24) is 18.7 Å². The molecule has 0 amide bonds. The van der Waals surface area contributed by atoms with Crippen LogP contribution in [0.1, 0.15) is 42.1 Å². The van der Waals surface area contributed by atoms with E-state index in [0.717, 1.165) is 11.0 Å². The van der Waals surface area contributed by atoms with E-state index in [1.54, 1.807) is 12.1 Å². The molecule has 142 valence electrons. The summed E-state index contributed by atoms with van der Waals surface area (Å²) in [5, 5.41) is -0.00660. The lowest BCUT2D eigenvalue weighted by atomic mass is 9.97. The van der Waals surface area contributed by atoms with Crippen LogP contribution in [-0.4, -0.2) is 24.5 Å². The van der Waals surface area contributed by atoms with Crippen LogP contribution in [0.25, 0.3) is 11.2 Å². The standard InChI is InChI=1S/C19H21ClN4O3/c1-5-11(2)12-6-8-13(9-7-12)14(25)10-24-15-16(21-18(24)20)22(3)19(27)23(4)17(15)26/h6-9,11H,5,10H2,1-4H3/t11-/m1/s1. The first-order valence-electron chi connectivity index (χ1n) is 8.71. The normalized spacial score (nSPS) is 12.5. The fraction of sp³-hybridized carbons (Fsp3) is 0.368. The fourth-order valence-electron chi connectivity index (χ4n) is 3.03. The SMILES string of the molecule is CC[C@@H](C)c1ccc(C(=O)Cn2c(Cl)nc3c2c(=O)n(C)c(=O)n3C)cc1. The van der Waals surface area contributed by atoms with Crippen molar-refractivity contribution >= 4 is 28.5 Å². The molecule has 0 saturated carbocycles. The molecule has 0 radical (unpaired) electrons. The highest BCUT2D eigenvalue weighted by molar-refractivity contribution is 6.29. The van der Waals surface area contributed by atoms with Gasteiger partial charge in [0.2, 0.25) is 5.28 Å². The van der Waals surface area contributed by atoms with Crippen molar-refractivity contribution in [1.29, 1.82) is 0 Å². The number of fused-ring (bicyclic) bond motifs is 1. The molecular weight excluding hydrogens is 368 g/mol. The van der Waals surface area contributed by atoms with Crippen LogP contribution in [-0.2, 0) is 20.6 Å². The van der Waals surface area contributed by atoms with E-state index in [9.17, 15) is 14.4 Å². The smallest absolute Gasteiger partial charge is 0.301 e. The predicted molar refractivity (Wildman–Crippen MR) is 105 cm³/mol. The van der Waals surface area contributed by atoms with Crippen molar-refractivity contribution in [2.75, 3.05) is 0 Å². The van der Waals surface area contributed by atoms with E-state index >= 15 is 0 Å². The number of Topliss-reactive ketones (excluding diaryl/α,β-unsaturated/α-hetero) is 1. The summed E-state index contributed by atoms with van der Waals surface area (Å²) in [6, 6.07) is 7.45. The first-order valence-corrected chi connectivity index (χ1v) is 9.09. The van der Waals surface area contributed by atoms with Gasteiger partial charge in [0.05, 0.1) is 6.54 Å². The quantitative estimate of drug-likeness (QED) is 0.497. The maximum atomic E-state index is 12.7. The lowest BCUT2D eigenvalue weighted by Gasteiger charge is -2.10. The highest BCUT2D eigenvalue weighted by Crippen LogP contribution is 2.20. The Hall–Kier alpha value is -2.67. The Morgan fingerprint density at radius 2 is 1.78 bits per heavy atom. The summed E-state index contributed by atoms with van der Waals surface area (Å²) < 4.78 is 3.57. The van der Waals surface area contributed by atoms with E-state index in [-0.39, 0.29) is 28.8 Å². The average molecular weight is 389 g/mol. The maximum Gasteiger partial charge on any atom is 0.332 e. The lowest BCUT2D eigenvalue weighted by molar-refractivity contribution is 0.0973. The van der Waals surface area contributed by atoms with Crippen LogP contribution in [0, 0.1) is 0 Å². The van der Waals surface area contributed by atoms with E-state index in [1.165, 1.54) is 28.8 Å². The van der Waals surface area contributed by atoms with Crippen LogP contribution >= 0.6 is 11.6 Å². The summed E-state index contributed by atoms with van der Waals surface area (Å²) in [6.45, 7) is 4.11. The molecule has 7 nitrogen and oxygen atoms in total. The molecule has 0 aliphatic rings. The average Bonchev–Trinajstić information content (AvgIpc) is 3.00. The number of halogens is 1. The predicted octanol–water partition coefficient (Wildman–Crippen LogP) is 2.48. The largest absolute Gasteiger partial charge is 0.332 e. The molecule has 1 aromatic carbocycles. The van der Waals surface area contributed by atoms with Gasteiger partial charge in [0.1, 0.15) is 0 Å². The molecule has 0 fully saturated rings. The molecule has 8 heteroatoms. The number of ketones is 1. The number of aryl methyl sites for hydroxylation is 1. The highest BCUT2D eigenvalue weighted by Gasteiger charge is 2.20. The fourth-order valence-corrected chi connectivity index (χ4v) is 3.26. The van der Waals surface area contributed by atoms with Gasteiger partial charge < -0.3 is 4.57 Å². The zero-order chi connectivity index (χ0) is 19.9. The van der Waals surface area contributed by atoms with Gasteiger partial charge in [0.15, 0.2) is 16.9 Å². The number of benzene rings is 1. The topological polar surface area (TPSA) is 78.9 Å². The first kappa shape index (κ1) is 19.1. The molecule has 0 spiro atoms. The molecule has 3 aromatic rings. The summed E-state index contributed by atoms with van der Waals surface area (Å²) in [5.41, 5.74) is 0.959. The summed E-state index contributed by atoms with van der Waals surface area (Å²) in [7, 11) is 2.89. The molecular formula is C19H21ClN4O3. The van der Waals surface area contributed by atoms with Gasteiger partial charge in [-0.1, -0.05) is 38.1 Å². The van der Waals surface area contributed by atoms with Gasteiger partial charge in [-0.05, 0) is 29.5 Å². The second kappa shape index (κ2) is 7.15. The lowest BCUT2D eigenvalue weighted by Crippen LogP contribution is -2.37. The van der Waals surface area contributed by atoms with Gasteiger partial charge in [-0.15, -0.1) is 0 Å². The number of nitrogens with zero attached hydrogens (tertiary/aromatic N) is 4. The third-order valence-corrected chi connectivity index (χ3v) is 5.31. The number of carbonyl (C=O) groups excluding carboxylic acids is 1. The zero-order valence-corrected chi connectivity index (χ0v) is 16.4. The molecule has 2 heterocycles. The van der Waals surface area contributed by atoms with Gasteiger partial charge in [-0.3, -0.25) is 18.7 Å². The van der Waals surface area contributed by atoms with Crippen LogP contribution in [0.5, 0.6) is 0 Å². The minimum atomic E-state index is -0.535. The minimum absolute atomic E-state index is 0.00660. The Morgan fingerprint density at radius 3 is 2.37 bits per heavy atom. The Labute approximate surface area is 160 Å². The number of imidazole rings is 1. The first-order chi connectivity index (χ1) is 12.8. The Kier molecular flexibility index (Phi) is 5.06. The summed E-state index contributed by atoms with van der Waals surface area (Å²) in [6.07, 6.45) is 1.02. The zero-order valence-electron chi connectivity index (χ0n) is 15.7. The van der Waals surface area contributed by atoms with Gasteiger partial charge in [0.25, 0.3) is 5.56 Å². The third kappa shape index (κ3) is 3.23. The second-order valence-electron chi connectivity index (χ2n) is 6.70. The van der Waals surface area contributed by atoms with E-state index in [4.69, 9.17) is 11.6 Å². The van der Waals surface area contributed by atoms with E-state index in [2.05, 4.69) is 18.8 Å². The van der Waals surface area contributed by atoms with Crippen LogP contribution < -0.4 is 11.2 Å². The molecule has 0 aliphatic heterocycles. The number of rotatable bonds is 5. The molecule has 0 bridgehead atoms. The highest BCUT2D eigenvalue weighted by atomic mass is 35.5. The van der Waals surface area contributed by atoms with Crippen LogP contribution in [0.2, 0.25) is 5.28 Å². The molecule has 0 unspecified atom stereocenters. The van der Waals surface area contributed by atoms with Gasteiger partial charge in [-0.2, -0.15) is 4.98 Å². The molecule has 3 rings (SSSR count). The van der Waals surface area contributed by atoms with E-state index in [1.807, 2.05) is 12.1 Å². The van der Waals surface area contributed by atoms with Crippen molar-refractivity contribution in [3.8, 4) is 0 Å². The van der Waals surface area contributed by atoms with Gasteiger partial charge in [0, 0.05) is 19.7 Å². The van der Waals surface area contributed by atoms with Crippen molar-refractivity contribution < 1.29 is 4.79 Å². The van der Waals surface area contributed by atoms with Crippen molar-refractivity contribution in [3.05, 3.63) is 61.5 Å². The van der Waals surface area contributed by atoms with Crippen LogP contribution in [0.4, 0.5) is 0 Å².